The van der Waals surface area contributed by atoms with Crippen molar-refractivity contribution in [3.63, 3.8) is 0 Å². The molecule has 0 radical (unpaired) electrons. The molecule has 0 saturated heterocycles. The second-order valence-corrected chi connectivity index (χ2v) is 10.5. The van der Waals surface area contributed by atoms with Crippen molar-refractivity contribution in [2.75, 3.05) is 19.7 Å². The zero-order valence-corrected chi connectivity index (χ0v) is 22.9. The van der Waals surface area contributed by atoms with Crippen LogP contribution in [-0.4, -0.2) is 64.4 Å². The highest BCUT2D eigenvalue weighted by Crippen LogP contribution is 2.32. The van der Waals surface area contributed by atoms with E-state index in [1.54, 1.807) is 45.9 Å². The number of nitrogens with zero attached hydrogens (tertiary/aromatic N) is 1. The number of amides is 3. The summed E-state index contributed by atoms with van der Waals surface area (Å²) in [5.41, 5.74) is 0.0535. The van der Waals surface area contributed by atoms with Gasteiger partial charge < -0.3 is 30.5 Å². The number of alkyl carbamates (subject to hydrolysis) is 1. The highest BCUT2D eigenvalue weighted by molar-refractivity contribution is 5.92. The summed E-state index contributed by atoms with van der Waals surface area (Å²) in [5.74, 6) is -1.06. The molecule has 0 bridgehead atoms. The van der Waals surface area contributed by atoms with Gasteiger partial charge in [0.2, 0.25) is 11.8 Å². The Bertz CT molecular complexity index is 866. The number of benzene rings is 1. The quantitative estimate of drug-likeness (QED) is 0.301. The summed E-state index contributed by atoms with van der Waals surface area (Å²) in [6.07, 6.45) is 2.25. The fourth-order valence-electron chi connectivity index (χ4n) is 3.85. The van der Waals surface area contributed by atoms with Gasteiger partial charge in [-0.25, -0.2) is 4.79 Å². The minimum atomic E-state index is -1.19. The Morgan fingerprint density at radius 1 is 1.14 bits per heavy atom. The van der Waals surface area contributed by atoms with Gasteiger partial charge in [0.15, 0.2) is 0 Å². The second-order valence-electron chi connectivity index (χ2n) is 10.5. The number of rotatable bonds is 13. The minimum Gasteiger partial charge on any atom is -0.507 e. The van der Waals surface area contributed by atoms with Gasteiger partial charge in [0.05, 0.1) is 6.61 Å². The van der Waals surface area contributed by atoms with Gasteiger partial charge in [-0.15, -0.1) is 0 Å². The molecule has 4 N–H and O–H groups in total. The average molecular weight is 508 g/mol. The van der Waals surface area contributed by atoms with Crippen LogP contribution in [0.4, 0.5) is 4.79 Å². The molecule has 1 aromatic carbocycles. The van der Waals surface area contributed by atoms with E-state index in [1.165, 1.54) is 4.90 Å². The van der Waals surface area contributed by atoms with Crippen LogP contribution >= 0.6 is 0 Å². The molecule has 3 amide bonds. The highest BCUT2D eigenvalue weighted by atomic mass is 16.6. The van der Waals surface area contributed by atoms with Crippen LogP contribution in [0.2, 0.25) is 0 Å². The molecule has 0 spiro atoms. The van der Waals surface area contributed by atoms with Crippen LogP contribution in [0, 0.1) is 12.8 Å². The molecule has 0 saturated carbocycles. The first kappa shape index (κ1) is 31.2. The number of phenolic OH excluding ortho intramolecular Hbond substituents is 1. The van der Waals surface area contributed by atoms with E-state index in [-0.39, 0.29) is 23.8 Å². The average Bonchev–Trinajstić information content (AvgIpc) is 2.76. The number of carbonyl (C=O) groups is 3. The lowest BCUT2D eigenvalue weighted by atomic mass is 9.97. The molecule has 204 valence electrons. The maximum Gasteiger partial charge on any atom is 0.408 e. The van der Waals surface area contributed by atoms with Crippen LogP contribution in [0.15, 0.2) is 18.2 Å². The van der Waals surface area contributed by atoms with Crippen molar-refractivity contribution >= 4 is 17.9 Å². The van der Waals surface area contributed by atoms with E-state index in [4.69, 9.17) is 4.74 Å². The third kappa shape index (κ3) is 10.0. The lowest BCUT2D eigenvalue weighted by Gasteiger charge is -2.35. The van der Waals surface area contributed by atoms with Crippen molar-refractivity contribution in [1.82, 2.24) is 15.5 Å². The SMILES string of the molecule is CCCCCNC(=O)C(c1cccc(C)c1O)N(CCO)C(=O)C(CC(C)C)NC(=O)OC(C)(C)C. The summed E-state index contributed by atoms with van der Waals surface area (Å²) in [6, 6.07) is 2.82. The Morgan fingerprint density at radius 3 is 2.36 bits per heavy atom. The molecule has 0 aromatic heterocycles. The third-order valence-corrected chi connectivity index (χ3v) is 5.52. The molecule has 9 heteroatoms. The number of aromatic hydroxyl groups is 1. The van der Waals surface area contributed by atoms with Crippen molar-refractivity contribution in [2.45, 2.75) is 91.8 Å². The first-order valence-corrected chi connectivity index (χ1v) is 12.8. The van der Waals surface area contributed by atoms with E-state index < -0.39 is 42.2 Å². The molecule has 0 fully saturated rings. The molecule has 0 heterocycles. The fourth-order valence-corrected chi connectivity index (χ4v) is 3.85. The monoisotopic (exact) mass is 507 g/mol. The van der Waals surface area contributed by atoms with E-state index in [9.17, 15) is 24.6 Å². The summed E-state index contributed by atoms with van der Waals surface area (Å²) < 4.78 is 5.35. The lowest BCUT2D eigenvalue weighted by Crippen LogP contribution is -2.54. The largest absolute Gasteiger partial charge is 0.507 e. The Labute approximate surface area is 215 Å². The zero-order valence-electron chi connectivity index (χ0n) is 22.9. The number of hydrogen-bond donors (Lipinski definition) is 4. The Hall–Kier alpha value is -2.81. The van der Waals surface area contributed by atoms with Crippen LogP contribution in [0.3, 0.4) is 0 Å². The van der Waals surface area contributed by atoms with Gasteiger partial charge in [0.1, 0.15) is 23.4 Å². The smallest absolute Gasteiger partial charge is 0.408 e. The molecule has 36 heavy (non-hydrogen) atoms. The molecule has 1 aromatic rings. The number of unbranched alkanes of at least 4 members (excludes halogenated alkanes) is 2. The maximum atomic E-state index is 13.8. The summed E-state index contributed by atoms with van der Waals surface area (Å²) in [4.78, 5) is 41.0. The van der Waals surface area contributed by atoms with Crippen molar-refractivity contribution < 1.29 is 29.3 Å². The number of aliphatic hydroxyl groups is 1. The number of hydrogen-bond acceptors (Lipinski definition) is 6. The number of nitrogens with one attached hydrogen (secondary N) is 2. The normalized spacial score (nSPS) is 13.1. The van der Waals surface area contributed by atoms with Gasteiger partial charge >= 0.3 is 6.09 Å². The van der Waals surface area contributed by atoms with Crippen LogP contribution in [0.1, 0.15) is 84.4 Å². The summed E-state index contributed by atoms with van der Waals surface area (Å²) >= 11 is 0. The molecular formula is C27H45N3O6. The molecule has 0 aliphatic rings. The molecule has 0 aliphatic carbocycles. The number of phenols is 1. The Kier molecular flexibility index (Phi) is 12.7. The van der Waals surface area contributed by atoms with Crippen LogP contribution in [-0.2, 0) is 14.3 Å². The lowest BCUT2D eigenvalue weighted by molar-refractivity contribution is -0.143. The van der Waals surface area contributed by atoms with Gasteiger partial charge in [-0.1, -0.05) is 51.8 Å². The Morgan fingerprint density at radius 2 is 1.81 bits per heavy atom. The molecule has 2 atom stereocenters. The predicted octanol–water partition coefficient (Wildman–Crippen LogP) is 3.81. The highest BCUT2D eigenvalue weighted by Gasteiger charge is 2.37. The first-order valence-electron chi connectivity index (χ1n) is 12.8. The first-order chi connectivity index (χ1) is 16.8. The van der Waals surface area contributed by atoms with E-state index in [1.807, 2.05) is 13.8 Å². The van der Waals surface area contributed by atoms with Gasteiger partial charge in [-0.2, -0.15) is 0 Å². The summed E-state index contributed by atoms with van der Waals surface area (Å²) in [6.45, 7) is 12.6. The molecule has 1 rings (SSSR count). The second kappa shape index (κ2) is 14.7. The molecule has 9 nitrogen and oxygen atoms in total. The number of carbonyl (C=O) groups excluding carboxylic acids is 3. The van der Waals surface area contributed by atoms with Crippen molar-refractivity contribution in [3.8, 4) is 5.75 Å². The Balaban J connectivity index is 3.43. The van der Waals surface area contributed by atoms with E-state index in [0.717, 1.165) is 19.3 Å². The summed E-state index contributed by atoms with van der Waals surface area (Å²) in [5, 5.41) is 26.2. The summed E-state index contributed by atoms with van der Waals surface area (Å²) in [7, 11) is 0. The van der Waals surface area contributed by atoms with Gasteiger partial charge in [0.25, 0.3) is 0 Å². The van der Waals surface area contributed by atoms with Crippen LogP contribution in [0.5, 0.6) is 5.75 Å². The molecule has 2 unspecified atom stereocenters. The van der Waals surface area contributed by atoms with Crippen molar-refractivity contribution in [2.24, 2.45) is 5.92 Å². The third-order valence-electron chi connectivity index (χ3n) is 5.52. The van der Waals surface area contributed by atoms with Crippen molar-refractivity contribution in [3.05, 3.63) is 29.3 Å². The van der Waals surface area contributed by atoms with Crippen LogP contribution < -0.4 is 10.6 Å². The van der Waals surface area contributed by atoms with E-state index in [2.05, 4.69) is 17.6 Å². The standard InChI is InChI=1S/C27H45N3O6/c1-8-9-10-14-28-24(33)22(20-13-11-12-19(4)23(20)32)30(15-16-31)25(34)21(17-18(2)3)29-26(35)36-27(5,6)7/h11-13,18,21-22,31-32H,8-10,14-17H2,1-7H3,(H,28,33)(H,29,35). The van der Waals surface area contributed by atoms with Gasteiger partial charge in [-0.05, 0) is 52.0 Å². The minimum absolute atomic E-state index is 0.0403. The van der Waals surface area contributed by atoms with E-state index >= 15 is 0 Å². The van der Waals surface area contributed by atoms with Gasteiger partial charge in [-0.3, -0.25) is 9.59 Å². The number of aliphatic hydroxyl groups excluding tert-OH is 1. The maximum absolute atomic E-state index is 13.8. The fraction of sp³-hybridized carbons (Fsp3) is 0.667. The van der Waals surface area contributed by atoms with E-state index in [0.29, 0.717) is 18.5 Å². The molecular weight excluding hydrogens is 462 g/mol. The zero-order chi connectivity index (χ0) is 27.5. The topological polar surface area (TPSA) is 128 Å². The van der Waals surface area contributed by atoms with Crippen molar-refractivity contribution in [1.29, 1.82) is 0 Å². The number of aryl methyl sites for hydroxylation is 1. The van der Waals surface area contributed by atoms with Crippen LogP contribution in [0.25, 0.3) is 0 Å². The number of ether oxygens (including phenoxy) is 1. The predicted molar refractivity (Wildman–Crippen MR) is 140 cm³/mol. The van der Waals surface area contributed by atoms with Gasteiger partial charge in [0, 0.05) is 18.7 Å². The molecule has 0 aliphatic heterocycles. The number of para-hydroxylation sites is 1.